The van der Waals surface area contributed by atoms with E-state index >= 15 is 0 Å². The number of hydrogen-bond donors (Lipinski definition) is 1. The van der Waals surface area contributed by atoms with E-state index in [1.54, 1.807) is 10.9 Å². The van der Waals surface area contributed by atoms with Crippen molar-refractivity contribution >= 4 is 21.1 Å². The van der Waals surface area contributed by atoms with Crippen molar-refractivity contribution in [1.29, 1.82) is 5.26 Å². The topological polar surface area (TPSA) is 80.7 Å². The molecule has 0 saturated carbocycles. The summed E-state index contributed by atoms with van der Waals surface area (Å²) >= 11 is 0. The van der Waals surface area contributed by atoms with Gasteiger partial charge < -0.3 is 14.6 Å². The molecule has 1 aliphatic rings. The Labute approximate surface area is 177 Å². The van der Waals surface area contributed by atoms with Crippen LogP contribution in [0.5, 0.6) is 0 Å². The lowest BCUT2D eigenvalue weighted by atomic mass is 9.89. The average Bonchev–Trinajstić information content (AvgIpc) is 3.28. The molecule has 3 aromatic heterocycles. The van der Waals surface area contributed by atoms with Gasteiger partial charge in [-0.3, -0.25) is 4.68 Å². The third-order valence-corrected chi connectivity index (χ3v) is 6.88. The molecule has 0 aliphatic carbocycles. The standard InChI is InChI=1S/C21H27FN6OS/c1-30(2,3)9-8-29-15-27-7-4-17-19(18(22)11-25-20(17)27)16-10-26-28(12-16)21(5-6-23)13-24-14-21/h4,7,10-12,24H,5,8-9,13-15H2,1-3H3. The van der Waals surface area contributed by atoms with Crippen molar-refractivity contribution in [3.8, 4) is 17.2 Å². The number of hydrogen-bond acceptors (Lipinski definition) is 5. The largest absolute Gasteiger partial charge is 0.360 e. The fourth-order valence-corrected chi connectivity index (χ4v) is 4.24. The van der Waals surface area contributed by atoms with Gasteiger partial charge >= 0.3 is 0 Å². The van der Waals surface area contributed by atoms with Gasteiger partial charge in [-0.05, 0) is 24.8 Å². The van der Waals surface area contributed by atoms with Crippen molar-refractivity contribution in [1.82, 2.24) is 24.6 Å². The van der Waals surface area contributed by atoms with Gasteiger partial charge in [0, 0.05) is 47.7 Å². The van der Waals surface area contributed by atoms with Gasteiger partial charge in [-0.25, -0.2) is 19.4 Å². The van der Waals surface area contributed by atoms with E-state index in [1.807, 2.05) is 23.0 Å². The molecule has 30 heavy (non-hydrogen) atoms. The molecule has 3 aromatic rings. The van der Waals surface area contributed by atoms with Crippen LogP contribution in [0.3, 0.4) is 0 Å². The molecule has 0 amide bonds. The Kier molecular flexibility index (Phi) is 5.57. The maximum Gasteiger partial charge on any atom is 0.150 e. The Morgan fingerprint density at radius 3 is 2.80 bits per heavy atom. The minimum Gasteiger partial charge on any atom is -0.360 e. The molecule has 0 aromatic carbocycles. The summed E-state index contributed by atoms with van der Waals surface area (Å²) in [5.74, 6) is 0.649. The summed E-state index contributed by atoms with van der Waals surface area (Å²) in [5, 5.41) is 17.5. The molecule has 0 atom stereocenters. The van der Waals surface area contributed by atoms with Gasteiger partial charge in [-0.1, -0.05) is 0 Å². The van der Waals surface area contributed by atoms with Crippen molar-refractivity contribution in [3.63, 3.8) is 0 Å². The summed E-state index contributed by atoms with van der Waals surface area (Å²) in [4.78, 5) is 4.30. The van der Waals surface area contributed by atoms with Crippen LogP contribution in [-0.4, -0.2) is 63.5 Å². The van der Waals surface area contributed by atoms with Crippen LogP contribution in [0.2, 0.25) is 0 Å². The Hall–Kier alpha value is -2.41. The molecule has 0 bridgehead atoms. The molecule has 1 N–H and O–H groups in total. The Bertz CT molecular complexity index is 1090. The van der Waals surface area contributed by atoms with Crippen LogP contribution < -0.4 is 5.32 Å². The molecule has 4 rings (SSSR count). The van der Waals surface area contributed by atoms with Crippen LogP contribution in [0.1, 0.15) is 6.42 Å². The zero-order valence-corrected chi connectivity index (χ0v) is 18.4. The third-order valence-electron chi connectivity index (χ3n) is 5.49. The third kappa shape index (κ3) is 3.95. The first-order valence-electron chi connectivity index (χ1n) is 9.83. The van der Waals surface area contributed by atoms with Gasteiger partial charge in [-0.2, -0.15) is 10.4 Å². The maximum absolute atomic E-state index is 14.8. The first-order chi connectivity index (χ1) is 14.3. The highest BCUT2D eigenvalue weighted by Crippen LogP contribution is 2.34. The number of pyridine rings is 1. The minimum absolute atomic E-state index is 0.357. The summed E-state index contributed by atoms with van der Waals surface area (Å²) < 4.78 is 24.3. The molecule has 4 heterocycles. The van der Waals surface area contributed by atoms with E-state index in [2.05, 4.69) is 40.2 Å². The normalized spacial score (nSPS) is 16.4. The molecule has 1 fully saturated rings. The number of nitrogens with one attached hydrogen (secondary N) is 1. The smallest absolute Gasteiger partial charge is 0.150 e. The van der Waals surface area contributed by atoms with Crippen LogP contribution >= 0.6 is 10.0 Å². The molecular weight excluding hydrogens is 403 g/mol. The van der Waals surface area contributed by atoms with Crippen LogP contribution in [0, 0.1) is 17.1 Å². The van der Waals surface area contributed by atoms with E-state index in [0.717, 1.165) is 11.1 Å². The molecule has 1 aliphatic heterocycles. The quantitative estimate of drug-likeness (QED) is 0.556. The lowest BCUT2D eigenvalue weighted by molar-refractivity contribution is 0.0923. The number of ether oxygens (including phenoxy) is 1. The Morgan fingerprint density at radius 2 is 2.13 bits per heavy atom. The monoisotopic (exact) mass is 430 g/mol. The van der Waals surface area contributed by atoms with Crippen LogP contribution in [-0.2, 0) is 17.0 Å². The minimum atomic E-state index is -0.601. The van der Waals surface area contributed by atoms with Gasteiger partial charge in [0.05, 0.1) is 31.5 Å². The lowest BCUT2D eigenvalue weighted by Crippen LogP contribution is -2.60. The van der Waals surface area contributed by atoms with Crippen molar-refractivity contribution in [2.24, 2.45) is 0 Å². The molecular formula is C21H27FN6OS. The predicted octanol–water partition coefficient (Wildman–Crippen LogP) is 2.92. The van der Waals surface area contributed by atoms with Gasteiger partial charge in [0.25, 0.3) is 0 Å². The number of fused-ring (bicyclic) bond motifs is 1. The fourth-order valence-electron chi connectivity index (χ4n) is 3.62. The second-order valence-corrected chi connectivity index (χ2v) is 13.3. The predicted molar refractivity (Wildman–Crippen MR) is 118 cm³/mol. The van der Waals surface area contributed by atoms with E-state index in [9.17, 15) is 9.65 Å². The van der Waals surface area contributed by atoms with E-state index in [4.69, 9.17) is 4.74 Å². The lowest BCUT2D eigenvalue weighted by Gasteiger charge is -2.41. The summed E-state index contributed by atoms with van der Waals surface area (Å²) in [6.07, 6.45) is 13.8. The Balaban J connectivity index is 1.60. The number of rotatable bonds is 8. The van der Waals surface area contributed by atoms with Crippen molar-refractivity contribution in [3.05, 3.63) is 36.7 Å². The van der Waals surface area contributed by atoms with Gasteiger partial charge in [0.2, 0.25) is 0 Å². The molecule has 160 valence electrons. The number of aromatic nitrogens is 4. The maximum atomic E-state index is 14.8. The SMILES string of the molecule is CS(C)(C)CCOCn1ccc2c(-c3cnn(C4(CC#N)CNC4)c3)c(F)cnc21. The number of nitriles is 1. The highest BCUT2D eigenvalue weighted by atomic mass is 32.3. The average molecular weight is 431 g/mol. The second-order valence-electron chi connectivity index (χ2n) is 8.67. The van der Waals surface area contributed by atoms with E-state index in [-0.39, 0.29) is 5.54 Å². The first kappa shape index (κ1) is 20.8. The van der Waals surface area contributed by atoms with Gasteiger partial charge in [0.1, 0.15) is 23.7 Å². The van der Waals surface area contributed by atoms with E-state index in [0.29, 0.717) is 49.6 Å². The summed E-state index contributed by atoms with van der Waals surface area (Å²) in [6.45, 7) is 2.43. The highest BCUT2D eigenvalue weighted by molar-refractivity contribution is 8.32. The zero-order valence-electron chi connectivity index (χ0n) is 17.6. The fraction of sp³-hybridized carbons (Fsp3) is 0.476. The molecule has 9 heteroatoms. The van der Waals surface area contributed by atoms with Crippen molar-refractivity contribution in [2.45, 2.75) is 18.7 Å². The number of nitrogens with zero attached hydrogens (tertiary/aromatic N) is 5. The molecule has 0 spiro atoms. The van der Waals surface area contributed by atoms with Crippen molar-refractivity contribution in [2.75, 3.05) is 44.2 Å². The van der Waals surface area contributed by atoms with Crippen LogP contribution in [0.25, 0.3) is 22.2 Å². The van der Waals surface area contributed by atoms with Crippen LogP contribution in [0.4, 0.5) is 4.39 Å². The van der Waals surface area contributed by atoms with Crippen LogP contribution in [0.15, 0.2) is 30.9 Å². The van der Waals surface area contributed by atoms with Gasteiger partial charge in [0.15, 0.2) is 0 Å². The molecule has 0 unspecified atom stereocenters. The van der Waals surface area contributed by atoms with E-state index in [1.165, 1.54) is 6.20 Å². The highest BCUT2D eigenvalue weighted by Gasteiger charge is 2.39. The summed E-state index contributed by atoms with van der Waals surface area (Å²) in [6, 6.07) is 4.10. The molecule has 1 saturated heterocycles. The second kappa shape index (κ2) is 8.02. The number of halogens is 1. The summed E-state index contributed by atoms with van der Waals surface area (Å²) in [5.41, 5.74) is 1.48. The van der Waals surface area contributed by atoms with Crippen molar-refractivity contribution < 1.29 is 9.13 Å². The van der Waals surface area contributed by atoms with E-state index < -0.39 is 15.8 Å². The Morgan fingerprint density at radius 1 is 1.33 bits per heavy atom. The molecule has 7 nitrogen and oxygen atoms in total. The summed E-state index contributed by atoms with van der Waals surface area (Å²) in [7, 11) is -0.601. The zero-order chi connectivity index (χ0) is 21.4. The first-order valence-corrected chi connectivity index (χ1v) is 12.9. The molecule has 0 radical (unpaired) electrons. The van der Waals surface area contributed by atoms with Gasteiger partial charge in [-0.15, -0.1) is 0 Å².